The van der Waals surface area contributed by atoms with Crippen molar-refractivity contribution >= 4 is 0 Å². The fourth-order valence-electron chi connectivity index (χ4n) is 3.38. The van der Waals surface area contributed by atoms with Gasteiger partial charge in [0.05, 0.1) is 11.4 Å². The summed E-state index contributed by atoms with van der Waals surface area (Å²) in [5.74, 6) is -0.196. The third kappa shape index (κ3) is 2.65. The van der Waals surface area contributed by atoms with Gasteiger partial charge in [0.1, 0.15) is 5.82 Å². The Labute approximate surface area is 135 Å². The molecular formula is C21H18FN. The fraction of sp³-hybridized carbons (Fsp3) is 0.190. The van der Waals surface area contributed by atoms with Crippen LogP contribution in [0.1, 0.15) is 24.0 Å². The van der Waals surface area contributed by atoms with Crippen molar-refractivity contribution in [3.8, 4) is 22.5 Å². The largest absolute Gasteiger partial charge is 0.247 e. The standard InChI is InChI=1S/C21H18FN/c22-19-13-7-6-12-18(19)21-17-11-5-4-10-16(17)14-20(23-21)15-8-2-1-3-9-15/h1-3,6-9,12-14H,4-5,10-11H2. The number of aryl methyl sites for hydroxylation is 1. The number of nitrogens with zero attached hydrogens (tertiary/aromatic N) is 1. The van der Waals surface area contributed by atoms with E-state index < -0.39 is 0 Å². The first-order valence-corrected chi connectivity index (χ1v) is 8.16. The highest BCUT2D eigenvalue weighted by atomic mass is 19.1. The number of aromatic nitrogens is 1. The summed E-state index contributed by atoms with van der Waals surface area (Å²) in [6, 6.07) is 19.3. The first-order valence-electron chi connectivity index (χ1n) is 8.16. The van der Waals surface area contributed by atoms with Gasteiger partial charge in [0, 0.05) is 11.1 Å². The van der Waals surface area contributed by atoms with E-state index >= 15 is 0 Å². The normalized spacial score (nSPS) is 13.6. The Morgan fingerprint density at radius 3 is 2.39 bits per heavy atom. The van der Waals surface area contributed by atoms with Crippen LogP contribution in [0.4, 0.5) is 4.39 Å². The lowest BCUT2D eigenvalue weighted by molar-refractivity contribution is 0.629. The van der Waals surface area contributed by atoms with Crippen molar-refractivity contribution in [3.63, 3.8) is 0 Å². The van der Waals surface area contributed by atoms with Gasteiger partial charge in [0.15, 0.2) is 0 Å². The zero-order valence-corrected chi connectivity index (χ0v) is 12.9. The van der Waals surface area contributed by atoms with E-state index in [9.17, 15) is 4.39 Å². The molecular weight excluding hydrogens is 285 g/mol. The Kier molecular flexibility index (Phi) is 3.66. The highest BCUT2D eigenvalue weighted by Crippen LogP contribution is 2.34. The van der Waals surface area contributed by atoms with Gasteiger partial charge in [-0.3, -0.25) is 0 Å². The first-order chi connectivity index (χ1) is 11.3. The van der Waals surface area contributed by atoms with E-state index in [0.717, 1.165) is 36.2 Å². The quantitative estimate of drug-likeness (QED) is 0.615. The van der Waals surface area contributed by atoms with E-state index in [1.165, 1.54) is 23.6 Å². The minimum absolute atomic E-state index is 0.196. The number of rotatable bonds is 2. The second-order valence-corrected chi connectivity index (χ2v) is 6.05. The van der Waals surface area contributed by atoms with Crippen LogP contribution in [0.2, 0.25) is 0 Å². The maximum Gasteiger partial charge on any atom is 0.132 e. The van der Waals surface area contributed by atoms with E-state index in [2.05, 4.69) is 18.2 Å². The molecule has 1 aliphatic carbocycles. The van der Waals surface area contributed by atoms with Crippen molar-refractivity contribution in [1.29, 1.82) is 0 Å². The smallest absolute Gasteiger partial charge is 0.132 e. The molecule has 0 aliphatic heterocycles. The molecule has 0 atom stereocenters. The summed E-state index contributed by atoms with van der Waals surface area (Å²) in [5, 5.41) is 0. The van der Waals surface area contributed by atoms with Crippen LogP contribution in [0.3, 0.4) is 0 Å². The minimum atomic E-state index is -0.196. The molecule has 0 saturated carbocycles. The van der Waals surface area contributed by atoms with Gasteiger partial charge in [-0.25, -0.2) is 9.37 Å². The lowest BCUT2D eigenvalue weighted by Gasteiger charge is -2.20. The Morgan fingerprint density at radius 1 is 0.826 bits per heavy atom. The van der Waals surface area contributed by atoms with Gasteiger partial charge in [0.2, 0.25) is 0 Å². The van der Waals surface area contributed by atoms with E-state index in [1.807, 2.05) is 30.3 Å². The highest BCUT2D eigenvalue weighted by molar-refractivity contribution is 5.71. The van der Waals surface area contributed by atoms with Crippen molar-refractivity contribution in [2.24, 2.45) is 0 Å². The van der Waals surface area contributed by atoms with Crippen LogP contribution in [0.25, 0.3) is 22.5 Å². The van der Waals surface area contributed by atoms with Crippen LogP contribution in [-0.4, -0.2) is 4.98 Å². The minimum Gasteiger partial charge on any atom is -0.247 e. The molecule has 4 rings (SSSR count). The van der Waals surface area contributed by atoms with Crippen LogP contribution in [0.15, 0.2) is 60.7 Å². The molecule has 1 aliphatic rings. The zero-order valence-electron chi connectivity index (χ0n) is 12.9. The molecule has 1 aromatic heterocycles. The lowest BCUT2D eigenvalue weighted by Crippen LogP contribution is -2.08. The number of fused-ring (bicyclic) bond motifs is 1. The Hall–Kier alpha value is -2.48. The van der Waals surface area contributed by atoms with Crippen LogP contribution >= 0.6 is 0 Å². The summed E-state index contributed by atoms with van der Waals surface area (Å²) in [5.41, 5.74) is 6.00. The Morgan fingerprint density at radius 2 is 1.57 bits per heavy atom. The molecule has 0 amide bonds. The van der Waals surface area contributed by atoms with Gasteiger partial charge in [0.25, 0.3) is 0 Å². The van der Waals surface area contributed by atoms with Crippen LogP contribution < -0.4 is 0 Å². The summed E-state index contributed by atoms with van der Waals surface area (Å²) < 4.78 is 14.3. The van der Waals surface area contributed by atoms with Crippen LogP contribution in [-0.2, 0) is 12.8 Å². The summed E-state index contributed by atoms with van der Waals surface area (Å²) in [4.78, 5) is 4.85. The van der Waals surface area contributed by atoms with Crippen molar-refractivity contribution in [1.82, 2.24) is 4.98 Å². The Bertz CT molecular complexity index is 840. The number of hydrogen-bond acceptors (Lipinski definition) is 1. The van der Waals surface area contributed by atoms with Gasteiger partial charge in [-0.15, -0.1) is 0 Å². The van der Waals surface area contributed by atoms with E-state index in [-0.39, 0.29) is 5.82 Å². The van der Waals surface area contributed by atoms with Crippen molar-refractivity contribution in [2.75, 3.05) is 0 Å². The number of halogens is 1. The molecule has 2 heteroatoms. The average Bonchev–Trinajstić information content (AvgIpc) is 2.62. The summed E-state index contributed by atoms with van der Waals surface area (Å²) in [7, 11) is 0. The molecule has 0 fully saturated rings. The van der Waals surface area contributed by atoms with Crippen LogP contribution in [0, 0.1) is 5.82 Å². The van der Waals surface area contributed by atoms with Gasteiger partial charge in [-0.1, -0.05) is 42.5 Å². The van der Waals surface area contributed by atoms with Gasteiger partial charge < -0.3 is 0 Å². The predicted octanol–water partition coefficient (Wildman–Crippen LogP) is 5.43. The average molecular weight is 303 g/mol. The second kappa shape index (κ2) is 5.96. The third-order valence-corrected chi connectivity index (χ3v) is 4.54. The summed E-state index contributed by atoms with van der Waals surface area (Å²) >= 11 is 0. The zero-order chi connectivity index (χ0) is 15.6. The molecule has 0 radical (unpaired) electrons. The van der Waals surface area contributed by atoms with Gasteiger partial charge in [-0.05, 0) is 55.0 Å². The molecule has 0 saturated heterocycles. The van der Waals surface area contributed by atoms with E-state index in [1.54, 1.807) is 6.07 Å². The van der Waals surface area contributed by atoms with E-state index in [4.69, 9.17) is 4.98 Å². The number of hydrogen-bond donors (Lipinski definition) is 0. The van der Waals surface area contributed by atoms with Gasteiger partial charge in [-0.2, -0.15) is 0 Å². The fourth-order valence-corrected chi connectivity index (χ4v) is 3.38. The molecule has 1 heterocycles. The second-order valence-electron chi connectivity index (χ2n) is 6.05. The summed E-state index contributed by atoms with van der Waals surface area (Å²) in [6.45, 7) is 0. The molecule has 0 bridgehead atoms. The third-order valence-electron chi connectivity index (χ3n) is 4.54. The maximum absolute atomic E-state index is 14.3. The summed E-state index contributed by atoms with van der Waals surface area (Å²) in [6.07, 6.45) is 4.39. The molecule has 3 aromatic rings. The molecule has 0 unspecified atom stereocenters. The molecule has 1 nitrogen and oxygen atoms in total. The molecule has 23 heavy (non-hydrogen) atoms. The Balaban J connectivity index is 1.95. The van der Waals surface area contributed by atoms with Gasteiger partial charge >= 0.3 is 0 Å². The highest BCUT2D eigenvalue weighted by Gasteiger charge is 2.19. The lowest BCUT2D eigenvalue weighted by atomic mass is 9.87. The van der Waals surface area contributed by atoms with Crippen molar-refractivity contribution < 1.29 is 4.39 Å². The van der Waals surface area contributed by atoms with Crippen LogP contribution in [0.5, 0.6) is 0 Å². The maximum atomic E-state index is 14.3. The van der Waals surface area contributed by atoms with E-state index in [0.29, 0.717) is 5.56 Å². The van der Waals surface area contributed by atoms with Crippen molar-refractivity contribution in [3.05, 3.63) is 77.6 Å². The first kappa shape index (κ1) is 14.1. The SMILES string of the molecule is Fc1ccccc1-c1nc(-c2ccccc2)cc2c1CCCC2. The number of pyridine rings is 1. The molecule has 2 aromatic carbocycles. The number of benzene rings is 2. The topological polar surface area (TPSA) is 12.9 Å². The van der Waals surface area contributed by atoms with Crippen molar-refractivity contribution in [2.45, 2.75) is 25.7 Å². The monoisotopic (exact) mass is 303 g/mol. The molecule has 0 N–H and O–H groups in total. The molecule has 114 valence electrons. The predicted molar refractivity (Wildman–Crippen MR) is 91.7 cm³/mol. The molecule has 0 spiro atoms.